The van der Waals surface area contributed by atoms with E-state index < -0.39 is 18.6 Å². The zero-order chi connectivity index (χ0) is 23.7. The van der Waals surface area contributed by atoms with Gasteiger partial charge < -0.3 is 19.4 Å². The molecule has 0 fully saturated rings. The number of amides is 1. The van der Waals surface area contributed by atoms with Crippen molar-refractivity contribution in [2.75, 3.05) is 26.0 Å². The summed E-state index contributed by atoms with van der Waals surface area (Å²) < 4.78 is 49.7. The second-order valence-corrected chi connectivity index (χ2v) is 7.82. The maximum Gasteiger partial charge on any atom is 0.405 e. The Hall–Kier alpha value is -3.05. The summed E-state index contributed by atoms with van der Waals surface area (Å²) in [7, 11) is 1.55. The molecule has 7 nitrogen and oxygen atoms in total. The number of carbonyl (C=O) groups is 1. The molecular weight excluding hydrogens is 457 g/mol. The molecule has 1 amide bonds. The van der Waals surface area contributed by atoms with Crippen LogP contribution in [0.4, 0.5) is 13.2 Å². The number of methoxy groups -OCH3 is 1. The molecule has 0 unspecified atom stereocenters. The van der Waals surface area contributed by atoms with Crippen LogP contribution in [-0.2, 0) is 22.7 Å². The van der Waals surface area contributed by atoms with Crippen molar-refractivity contribution in [2.24, 2.45) is 0 Å². The fourth-order valence-electron chi connectivity index (χ4n) is 2.91. The first kappa shape index (κ1) is 24.6. The van der Waals surface area contributed by atoms with Crippen LogP contribution < -0.4 is 10.1 Å². The summed E-state index contributed by atoms with van der Waals surface area (Å²) in [5.41, 5.74) is 1.94. The van der Waals surface area contributed by atoms with E-state index in [-0.39, 0.29) is 12.4 Å². The highest BCUT2D eigenvalue weighted by atomic mass is 32.2. The Balaban J connectivity index is 1.69. The molecule has 11 heteroatoms. The fourth-order valence-corrected chi connectivity index (χ4v) is 3.72. The lowest BCUT2D eigenvalue weighted by Gasteiger charge is -2.13. The molecule has 1 heterocycles. The van der Waals surface area contributed by atoms with Gasteiger partial charge in [-0.1, -0.05) is 60.3 Å². The first-order chi connectivity index (χ1) is 15.9. The smallest absolute Gasteiger partial charge is 0.405 e. The van der Waals surface area contributed by atoms with Crippen LogP contribution in [0, 0.1) is 0 Å². The lowest BCUT2D eigenvalue weighted by atomic mass is 10.1. The van der Waals surface area contributed by atoms with Gasteiger partial charge in [-0.25, -0.2) is 0 Å². The first-order valence-corrected chi connectivity index (χ1v) is 11.0. The van der Waals surface area contributed by atoms with Crippen molar-refractivity contribution in [1.82, 2.24) is 20.1 Å². The van der Waals surface area contributed by atoms with Crippen molar-refractivity contribution in [2.45, 2.75) is 24.5 Å². The Labute approximate surface area is 193 Å². The number of alkyl halides is 3. The number of thioether (sulfide) groups is 1. The van der Waals surface area contributed by atoms with Crippen molar-refractivity contribution in [1.29, 1.82) is 0 Å². The Kier molecular flexibility index (Phi) is 8.72. The van der Waals surface area contributed by atoms with Gasteiger partial charge in [-0.15, -0.1) is 10.2 Å². The summed E-state index contributed by atoms with van der Waals surface area (Å²) in [6.45, 7) is -0.501. The second kappa shape index (κ2) is 11.7. The van der Waals surface area contributed by atoms with E-state index in [9.17, 15) is 18.0 Å². The largest absolute Gasteiger partial charge is 0.485 e. The van der Waals surface area contributed by atoms with Gasteiger partial charge in [0.15, 0.2) is 11.0 Å². The summed E-state index contributed by atoms with van der Waals surface area (Å²) >= 11 is 0.998. The van der Waals surface area contributed by atoms with E-state index in [1.54, 1.807) is 11.7 Å². The molecule has 0 atom stereocenters. The molecule has 0 aliphatic rings. The number of halogens is 3. The van der Waals surface area contributed by atoms with Crippen molar-refractivity contribution in [3.8, 4) is 16.9 Å². The lowest BCUT2D eigenvalue weighted by Crippen LogP contribution is -2.34. The third-order valence-corrected chi connectivity index (χ3v) is 5.43. The highest BCUT2D eigenvalue weighted by Crippen LogP contribution is 2.30. The summed E-state index contributed by atoms with van der Waals surface area (Å²) in [4.78, 5) is 11.7. The third-order valence-electron chi connectivity index (χ3n) is 4.46. The minimum absolute atomic E-state index is 0.112. The molecule has 1 aromatic heterocycles. The number of nitrogens with one attached hydrogen (secondary N) is 1. The van der Waals surface area contributed by atoms with Gasteiger partial charge in [0.25, 0.3) is 0 Å². The highest BCUT2D eigenvalue weighted by molar-refractivity contribution is 7.99. The van der Waals surface area contributed by atoms with Gasteiger partial charge in [0.05, 0.1) is 12.4 Å². The van der Waals surface area contributed by atoms with E-state index in [4.69, 9.17) is 9.47 Å². The number of aromatic nitrogens is 3. The van der Waals surface area contributed by atoms with Crippen LogP contribution in [0.15, 0.2) is 59.8 Å². The molecule has 0 saturated heterocycles. The maximum atomic E-state index is 12.3. The third kappa shape index (κ3) is 7.50. The van der Waals surface area contributed by atoms with Crippen LogP contribution >= 0.6 is 11.8 Å². The summed E-state index contributed by atoms with van der Waals surface area (Å²) in [6, 6.07) is 17.4. The van der Waals surface area contributed by atoms with Crippen molar-refractivity contribution in [3.63, 3.8) is 0 Å². The molecule has 0 radical (unpaired) electrons. The molecule has 1 N–H and O–H groups in total. The van der Waals surface area contributed by atoms with Crippen LogP contribution in [0.3, 0.4) is 0 Å². The second-order valence-electron chi connectivity index (χ2n) is 6.87. The minimum Gasteiger partial charge on any atom is -0.485 e. The van der Waals surface area contributed by atoms with Crippen LogP contribution in [-0.4, -0.2) is 52.9 Å². The molecule has 0 aliphatic heterocycles. The van der Waals surface area contributed by atoms with E-state index in [2.05, 4.69) is 10.2 Å². The van der Waals surface area contributed by atoms with Gasteiger partial charge >= 0.3 is 6.18 Å². The van der Waals surface area contributed by atoms with E-state index in [1.807, 2.05) is 59.9 Å². The number of nitrogens with zero attached hydrogens (tertiary/aromatic N) is 3. The van der Waals surface area contributed by atoms with Gasteiger partial charge in [-0.3, -0.25) is 4.79 Å². The van der Waals surface area contributed by atoms with Gasteiger partial charge in [-0.05, 0) is 11.6 Å². The quantitative estimate of drug-likeness (QED) is 0.419. The fraction of sp³-hybridized carbons (Fsp3) is 0.318. The van der Waals surface area contributed by atoms with E-state index >= 15 is 0 Å². The van der Waals surface area contributed by atoms with Gasteiger partial charge in [0, 0.05) is 19.2 Å². The standard InChI is InChI=1S/C22H23F3N4O3S/c1-31-12-11-29-19(27-28-21(29)33-14-20(30)26-15-22(23,24)25)13-32-18-10-6-5-9-17(18)16-7-3-2-4-8-16/h2-10H,11-15H2,1H3,(H,26,30). The topological polar surface area (TPSA) is 78.3 Å². The van der Waals surface area contributed by atoms with E-state index in [0.29, 0.717) is 29.9 Å². The lowest BCUT2D eigenvalue weighted by molar-refractivity contribution is -0.136. The molecule has 0 spiro atoms. The molecule has 0 saturated carbocycles. The van der Waals surface area contributed by atoms with Crippen molar-refractivity contribution in [3.05, 3.63) is 60.4 Å². The van der Waals surface area contributed by atoms with E-state index in [1.165, 1.54) is 0 Å². The first-order valence-electron chi connectivity index (χ1n) is 10.0. The van der Waals surface area contributed by atoms with Crippen LogP contribution in [0.2, 0.25) is 0 Å². The SMILES string of the molecule is COCCn1c(COc2ccccc2-c2ccccc2)nnc1SCC(=O)NCC(F)(F)F. The zero-order valence-electron chi connectivity index (χ0n) is 17.8. The summed E-state index contributed by atoms with van der Waals surface area (Å²) in [5.74, 6) is 0.214. The predicted molar refractivity (Wildman–Crippen MR) is 118 cm³/mol. The van der Waals surface area contributed by atoms with Crippen molar-refractivity contribution < 1.29 is 27.4 Å². The van der Waals surface area contributed by atoms with Crippen LogP contribution in [0.1, 0.15) is 5.82 Å². The zero-order valence-corrected chi connectivity index (χ0v) is 18.7. The number of ether oxygens (including phenoxy) is 2. The van der Waals surface area contributed by atoms with E-state index in [0.717, 1.165) is 22.9 Å². The number of benzene rings is 2. The highest BCUT2D eigenvalue weighted by Gasteiger charge is 2.27. The molecular formula is C22H23F3N4O3S. The van der Waals surface area contributed by atoms with Crippen LogP contribution in [0.25, 0.3) is 11.1 Å². The molecule has 2 aromatic carbocycles. The van der Waals surface area contributed by atoms with Gasteiger partial charge in [-0.2, -0.15) is 13.2 Å². The molecule has 0 aliphatic carbocycles. The Morgan fingerprint density at radius 1 is 1.09 bits per heavy atom. The summed E-state index contributed by atoms with van der Waals surface area (Å²) in [5, 5.41) is 10.5. The number of para-hydroxylation sites is 1. The van der Waals surface area contributed by atoms with Crippen molar-refractivity contribution >= 4 is 17.7 Å². The van der Waals surface area contributed by atoms with Gasteiger partial charge in [0.2, 0.25) is 5.91 Å². The maximum absolute atomic E-state index is 12.3. The predicted octanol–water partition coefficient (Wildman–Crippen LogP) is 3.94. The number of hydrogen-bond donors (Lipinski definition) is 1. The summed E-state index contributed by atoms with van der Waals surface area (Å²) in [6.07, 6.45) is -4.46. The molecule has 33 heavy (non-hydrogen) atoms. The number of hydrogen-bond acceptors (Lipinski definition) is 6. The Bertz CT molecular complexity index is 1040. The monoisotopic (exact) mass is 480 g/mol. The van der Waals surface area contributed by atoms with Gasteiger partial charge in [0.1, 0.15) is 18.9 Å². The molecule has 0 bridgehead atoms. The number of rotatable bonds is 11. The Morgan fingerprint density at radius 3 is 2.55 bits per heavy atom. The molecule has 3 aromatic rings. The average Bonchev–Trinajstić information content (AvgIpc) is 3.20. The van der Waals surface area contributed by atoms with Crippen LogP contribution in [0.5, 0.6) is 5.75 Å². The normalized spacial score (nSPS) is 11.4. The average molecular weight is 481 g/mol. The number of carbonyl (C=O) groups excluding carboxylic acids is 1. The molecule has 176 valence electrons. The Morgan fingerprint density at radius 2 is 1.82 bits per heavy atom. The molecule has 3 rings (SSSR count). The minimum atomic E-state index is -4.46.